The fourth-order valence-corrected chi connectivity index (χ4v) is 1.97. The van der Waals surface area contributed by atoms with Crippen LogP contribution in [0.2, 0.25) is 0 Å². The molecule has 5 heteroatoms. The molecule has 0 heterocycles. The Kier molecular flexibility index (Phi) is 5.11. The molecule has 21 heavy (non-hydrogen) atoms. The first-order chi connectivity index (χ1) is 10.1. The van der Waals surface area contributed by atoms with Crippen molar-refractivity contribution in [2.45, 2.75) is 13.0 Å². The highest BCUT2D eigenvalue weighted by molar-refractivity contribution is 9.10. The molecule has 0 aliphatic heterocycles. The fraction of sp³-hybridized carbons (Fsp3) is 0.125. The van der Waals surface area contributed by atoms with Gasteiger partial charge in [0.1, 0.15) is 5.75 Å². The summed E-state index contributed by atoms with van der Waals surface area (Å²) in [6.45, 7) is 1.49. The molecule has 0 aliphatic carbocycles. The molecule has 0 saturated heterocycles. The van der Waals surface area contributed by atoms with Gasteiger partial charge in [0.05, 0.1) is 5.69 Å². The van der Waals surface area contributed by atoms with Crippen LogP contribution < -0.4 is 4.74 Å². The Balaban J connectivity index is 2.06. The summed E-state index contributed by atoms with van der Waals surface area (Å²) >= 11 is 3.43. The van der Waals surface area contributed by atoms with Gasteiger partial charge < -0.3 is 9.84 Å². The van der Waals surface area contributed by atoms with E-state index in [1.807, 2.05) is 36.4 Å². The van der Waals surface area contributed by atoms with Gasteiger partial charge in [0.2, 0.25) is 0 Å². The number of carboxylic acids is 1. The van der Waals surface area contributed by atoms with Gasteiger partial charge in [-0.3, -0.25) is 4.99 Å². The van der Waals surface area contributed by atoms with Crippen molar-refractivity contribution < 1.29 is 14.6 Å². The van der Waals surface area contributed by atoms with E-state index in [-0.39, 0.29) is 0 Å². The van der Waals surface area contributed by atoms with Crippen LogP contribution in [-0.4, -0.2) is 23.4 Å². The first-order valence-corrected chi connectivity index (χ1v) is 7.13. The topological polar surface area (TPSA) is 58.9 Å². The summed E-state index contributed by atoms with van der Waals surface area (Å²) in [6.07, 6.45) is 0.870. The van der Waals surface area contributed by atoms with Crippen LogP contribution in [0.25, 0.3) is 0 Å². The van der Waals surface area contributed by atoms with Crippen molar-refractivity contribution in [1.82, 2.24) is 0 Å². The van der Waals surface area contributed by atoms with Crippen LogP contribution in [0.4, 0.5) is 5.69 Å². The van der Waals surface area contributed by atoms with Crippen molar-refractivity contribution in [3.63, 3.8) is 0 Å². The predicted octanol–water partition coefficient (Wildman–Crippen LogP) is 4.05. The number of carbonyl (C=O) groups is 1. The molecule has 0 unspecified atom stereocenters. The maximum atomic E-state index is 10.7. The summed E-state index contributed by atoms with van der Waals surface area (Å²) in [5, 5.41) is 8.78. The van der Waals surface area contributed by atoms with Crippen LogP contribution in [0.5, 0.6) is 5.75 Å². The standard InChI is InChI=1S/C16H14BrNO3/c1-11(16(19)20)21-13-8-6-12(7-9-13)10-18-15-5-3-2-4-14(15)17/h2-11H,1H3,(H,19,20)/t11-/m0/s1. The molecule has 4 nitrogen and oxygen atoms in total. The van der Waals surface area contributed by atoms with Crippen LogP contribution >= 0.6 is 15.9 Å². The number of ether oxygens (including phenoxy) is 1. The minimum atomic E-state index is -0.991. The second kappa shape index (κ2) is 7.04. The third-order valence-electron chi connectivity index (χ3n) is 2.75. The van der Waals surface area contributed by atoms with Crippen LogP contribution in [0.3, 0.4) is 0 Å². The SMILES string of the molecule is C[C@H](Oc1ccc(C=Nc2ccccc2Br)cc1)C(=O)O. The van der Waals surface area contributed by atoms with Crippen LogP contribution in [-0.2, 0) is 4.79 Å². The first kappa shape index (κ1) is 15.3. The van der Waals surface area contributed by atoms with Gasteiger partial charge in [0, 0.05) is 10.7 Å². The maximum absolute atomic E-state index is 10.7. The maximum Gasteiger partial charge on any atom is 0.344 e. The second-order valence-corrected chi connectivity index (χ2v) is 5.23. The highest BCUT2D eigenvalue weighted by Gasteiger charge is 2.11. The van der Waals surface area contributed by atoms with E-state index in [2.05, 4.69) is 20.9 Å². The number of carboxylic acid groups (broad SMARTS) is 1. The zero-order valence-corrected chi connectivity index (χ0v) is 12.9. The summed E-state index contributed by atoms with van der Waals surface area (Å²) < 4.78 is 6.19. The highest BCUT2D eigenvalue weighted by Crippen LogP contribution is 2.24. The average Bonchev–Trinajstić information content (AvgIpc) is 2.48. The van der Waals surface area contributed by atoms with Crippen molar-refractivity contribution in [1.29, 1.82) is 0 Å². The normalized spacial score (nSPS) is 12.3. The van der Waals surface area contributed by atoms with Gasteiger partial charge in [-0.2, -0.15) is 0 Å². The second-order valence-electron chi connectivity index (χ2n) is 4.38. The van der Waals surface area contributed by atoms with E-state index in [1.54, 1.807) is 18.3 Å². The molecule has 0 fully saturated rings. The van der Waals surface area contributed by atoms with Crippen molar-refractivity contribution in [2.24, 2.45) is 4.99 Å². The summed E-state index contributed by atoms with van der Waals surface area (Å²) in [4.78, 5) is 15.1. The summed E-state index contributed by atoms with van der Waals surface area (Å²) in [5.74, 6) is -0.475. The monoisotopic (exact) mass is 347 g/mol. The van der Waals surface area contributed by atoms with Crippen LogP contribution in [0, 0.1) is 0 Å². The lowest BCUT2D eigenvalue weighted by atomic mass is 10.2. The number of benzene rings is 2. The molecule has 0 amide bonds. The van der Waals surface area contributed by atoms with Crippen LogP contribution in [0.1, 0.15) is 12.5 Å². The van der Waals surface area contributed by atoms with Gasteiger partial charge in [0.25, 0.3) is 0 Å². The van der Waals surface area contributed by atoms with Gasteiger partial charge in [-0.1, -0.05) is 12.1 Å². The number of rotatable bonds is 5. The number of hydrogen-bond donors (Lipinski definition) is 1. The zero-order valence-electron chi connectivity index (χ0n) is 11.4. The fourth-order valence-electron chi connectivity index (χ4n) is 1.59. The molecule has 0 aliphatic rings. The lowest BCUT2D eigenvalue weighted by molar-refractivity contribution is -0.144. The van der Waals surface area contributed by atoms with E-state index in [0.717, 1.165) is 15.7 Å². The largest absolute Gasteiger partial charge is 0.479 e. The van der Waals surface area contributed by atoms with E-state index in [9.17, 15) is 4.79 Å². The van der Waals surface area contributed by atoms with Gasteiger partial charge >= 0.3 is 5.97 Å². The van der Waals surface area contributed by atoms with Crippen molar-refractivity contribution >= 4 is 33.8 Å². The Bertz CT molecular complexity index is 653. The molecule has 0 spiro atoms. The zero-order chi connectivity index (χ0) is 15.2. The Labute approximate surface area is 131 Å². The number of aliphatic imine (C=N–C) groups is 1. The van der Waals surface area contributed by atoms with Gasteiger partial charge in [-0.25, -0.2) is 4.79 Å². The highest BCUT2D eigenvalue weighted by atomic mass is 79.9. The number of nitrogens with zero attached hydrogens (tertiary/aromatic N) is 1. The minimum Gasteiger partial charge on any atom is -0.479 e. The van der Waals surface area contributed by atoms with Crippen molar-refractivity contribution in [2.75, 3.05) is 0 Å². The lowest BCUT2D eigenvalue weighted by Gasteiger charge is -2.09. The van der Waals surface area contributed by atoms with E-state index < -0.39 is 12.1 Å². The average molecular weight is 348 g/mol. The summed E-state index contributed by atoms with van der Waals surface area (Å²) in [6, 6.07) is 14.8. The Morgan fingerprint density at radius 3 is 2.52 bits per heavy atom. The molecule has 2 rings (SSSR count). The lowest BCUT2D eigenvalue weighted by Crippen LogP contribution is -2.22. The first-order valence-electron chi connectivity index (χ1n) is 6.34. The van der Waals surface area contributed by atoms with E-state index in [1.165, 1.54) is 6.92 Å². The van der Waals surface area contributed by atoms with Gasteiger partial charge in [-0.05, 0) is 64.8 Å². The molecule has 2 aromatic rings. The molecule has 1 N–H and O–H groups in total. The molecule has 0 aromatic heterocycles. The molecule has 0 bridgehead atoms. The van der Waals surface area contributed by atoms with E-state index in [0.29, 0.717) is 5.75 Å². The molecule has 2 aromatic carbocycles. The summed E-state index contributed by atoms with van der Waals surface area (Å²) in [7, 11) is 0. The summed E-state index contributed by atoms with van der Waals surface area (Å²) in [5.41, 5.74) is 1.75. The molecule has 1 atom stereocenters. The third kappa shape index (κ3) is 4.43. The van der Waals surface area contributed by atoms with Crippen LogP contribution in [0.15, 0.2) is 58.0 Å². The molecule has 0 saturated carbocycles. The van der Waals surface area contributed by atoms with E-state index >= 15 is 0 Å². The van der Waals surface area contributed by atoms with Gasteiger partial charge in [-0.15, -0.1) is 0 Å². The van der Waals surface area contributed by atoms with Gasteiger partial charge in [0.15, 0.2) is 6.10 Å². The number of para-hydroxylation sites is 1. The number of aliphatic carboxylic acids is 1. The Hall–Kier alpha value is -2.14. The van der Waals surface area contributed by atoms with E-state index in [4.69, 9.17) is 9.84 Å². The molecule has 0 radical (unpaired) electrons. The third-order valence-corrected chi connectivity index (χ3v) is 3.42. The van der Waals surface area contributed by atoms with Crippen molar-refractivity contribution in [3.8, 4) is 5.75 Å². The molecular weight excluding hydrogens is 334 g/mol. The number of hydrogen-bond acceptors (Lipinski definition) is 3. The molecular formula is C16H14BrNO3. The minimum absolute atomic E-state index is 0.517. The Morgan fingerprint density at radius 2 is 1.90 bits per heavy atom. The molecule has 108 valence electrons. The Morgan fingerprint density at radius 1 is 1.24 bits per heavy atom. The quantitative estimate of drug-likeness (QED) is 0.830. The predicted molar refractivity (Wildman–Crippen MR) is 85.6 cm³/mol. The smallest absolute Gasteiger partial charge is 0.344 e. The van der Waals surface area contributed by atoms with Crippen molar-refractivity contribution in [3.05, 3.63) is 58.6 Å². The number of halogens is 1.